The summed E-state index contributed by atoms with van der Waals surface area (Å²) in [6, 6.07) is 5.92. The number of benzene rings is 1. The van der Waals surface area contributed by atoms with E-state index in [0.29, 0.717) is 0 Å². The highest BCUT2D eigenvalue weighted by atomic mass is 19.4. The van der Waals surface area contributed by atoms with Crippen LogP contribution in [0.2, 0.25) is 0 Å². The number of halogens is 3. The number of pyridine rings is 1. The third kappa shape index (κ3) is 3.23. The number of carbonyl (C=O) groups excluding carboxylic acids is 1. The van der Waals surface area contributed by atoms with Crippen LogP contribution in [0.5, 0.6) is 0 Å². The van der Waals surface area contributed by atoms with Gasteiger partial charge in [-0.3, -0.25) is 9.78 Å². The second kappa shape index (κ2) is 6.42. The SMILES string of the molecule is CC1CCCCC1NC(=O)c1cnc2ccccc2c1C(F)(F)F. The molecule has 1 amide bonds. The number of rotatable bonds is 2. The first-order valence-electron chi connectivity index (χ1n) is 8.13. The molecule has 1 fully saturated rings. The van der Waals surface area contributed by atoms with Gasteiger partial charge < -0.3 is 5.32 Å². The van der Waals surface area contributed by atoms with Crippen molar-refractivity contribution in [3.8, 4) is 0 Å². The van der Waals surface area contributed by atoms with Gasteiger partial charge in [0.2, 0.25) is 0 Å². The standard InChI is InChI=1S/C18H19F3N2O/c1-11-6-2-4-8-14(11)23-17(24)13-10-22-15-9-5-3-7-12(15)16(13)18(19,20)21/h3,5,7,9-11,14H,2,4,6,8H2,1H3,(H,23,24). The number of hydrogen-bond donors (Lipinski definition) is 1. The molecule has 2 aromatic rings. The molecule has 0 saturated heterocycles. The van der Waals surface area contributed by atoms with E-state index in [-0.39, 0.29) is 22.9 Å². The zero-order valence-corrected chi connectivity index (χ0v) is 13.4. The first kappa shape index (κ1) is 16.7. The molecule has 3 nitrogen and oxygen atoms in total. The summed E-state index contributed by atoms with van der Waals surface area (Å²) in [7, 11) is 0. The van der Waals surface area contributed by atoms with E-state index in [1.807, 2.05) is 6.92 Å². The minimum absolute atomic E-state index is 0.0469. The maximum Gasteiger partial charge on any atom is 0.417 e. The molecule has 0 spiro atoms. The highest BCUT2D eigenvalue weighted by molar-refractivity contribution is 6.00. The van der Waals surface area contributed by atoms with Crippen LogP contribution in [0.3, 0.4) is 0 Å². The van der Waals surface area contributed by atoms with Gasteiger partial charge in [0.15, 0.2) is 0 Å². The van der Waals surface area contributed by atoms with Crippen molar-refractivity contribution in [2.24, 2.45) is 5.92 Å². The fourth-order valence-corrected chi connectivity index (χ4v) is 3.40. The van der Waals surface area contributed by atoms with Crippen molar-refractivity contribution in [2.75, 3.05) is 0 Å². The van der Waals surface area contributed by atoms with Gasteiger partial charge in [-0.2, -0.15) is 13.2 Å². The van der Waals surface area contributed by atoms with Crippen LogP contribution in [0.1, 0.15) is 48.5 Å². The van der Waals surface area contributed by atoms with Gasteiger partial charge in [-0.15, -0.1) is 0 Å². The maximum absolute atomic E-state index is 13.6. The van der Waals surface area contributed by atoms with Crippen LogP contribution < -0.4 is 5.32 Å². The van der Waals surface area contributed by atoms with Gasteiger partial charge in [-0.05, 0) is 24.8 Å². The molecule has 1 saturated carbocycles. The lowest BCUT2D eigenvalue weighted by molar-refractivity contribution is -0.136. The van der Waals surface area contributed by atoms with Gasteiger partial charge in [-0.25, -0.2) is 0 Å². The molecule has 24 heavy (non-hydrogen) atoms. The van der Waals surface area contributed by atoms with Gasteiger partial charge in [0.1, 0.15) is 0 Å². The Morgan fingerprint density at radius 2 is 1.92 bits per heavy atom. The Bertz CT molecular complexity index is 758. The molecule has 3 rings (SSSR count). The largest absolute Gasteiger partial charge is 0.417 e. The number of para-hydroxylation sites is 1. The van der Waals surface area contributed by atoms with Gasteiger partial charge in [0.05, 0.1) is 16.6 Å². The fourth-order valence-electron chi connectivity index (χ4n) is 3.40. The second-order valence-corrected chi connectivity index (χ2v) is 6.40. The Kier molecular flexibility index (Phi) is 4.47. The Morgan fingerprint density at radius 3 is 2.62 bits per heavy atom. The van der Waals surface area contributed by atoms with Crippen molar-refractivity contribution in [1.29, 1.82) is 0 Å². The summed E-state index contributed by atoms with van der Waals surface area (Å²) in [5.74, 6) is -0.426. The minimum atomic E-state index is -4.62. The van der Waals surface area contributed by atoms with E-state index < -0.39 is 23.2 Å². The molecule has 0 radical (unpaired) electrons. The lowest BCUT2D eigenvalue weighted by atomic mass is 9.85. The summed E-state index contributed by atoms with van der Waals surface area (Å²) in [5.41, 5.74) is -1.08. The third-order valence-electron chi connectivity index (χ3n) is 4.73. The van der Waals surface area contributed by atoms with Crippen LogP contribution in [-0.4, -0.2) is 16.9 Å². The van der Waals surface area contributed by atoms with E-state index in [2.05, 4.69) is 10.3 Å². The lowest BCUT2D eigenvalue weighted by Crippen LogP contribution is -2.41. The van der Waals surface area contributed by atoms with E-state index in [0.717, 1.165) is 31.9 Å². The molecule has 1 heterocycles. The lowest BCUT2D eigenvalue weighted by Gasteiger charge is -2.29. The van der Waals surface area contributed by atoms with E-state index in [1.165, 1.54) is 18.2 Å². The quantitative estimate of drug-likeness (QED) is 0.873. The smallest absolute Gasteiger partial charge is 0.349 e. The second-order valence-electron chi connectivity index (χ2n) is 6.40. The van der Waals surface area contributed by atoms with Crippen molar-refractivity contribution >= 4 is 16.8 Å². The minimum Gasteiger partial charge on any atom is -0.349 e. The Hall–Kier alpha value is -2.11. The van der Waals surface area contributed by atoms with Crippen LogP contribution in [0, 0.1) is 5.92 Å². The van der Waals surface area contributed by atoms with E-state index >= 15 is 0 Å². The predicted molar refractivity (Wildman–Crippen MR) is 85.6 cm³/mol. The van der Waals surface area contributed by atoms with Crippen molar-refractivity contribution in [3.63, 3.8) is 0 Å². The number of fused-ring (bicyclic) bond motifs is 1. The zero-order chi connectivity index (χ0) is 17.3. The van der Waals surface area contributed by atoms with Crippen LogP contribution >= 0.6 is 0 Å². The van der Waals surface area contributed by atoms with Crippen LogP contribution in [0.25, 0.3) is 10.9 Å². The number of aromatic nitrogens is 1. The maximum atomic E-state index is 13.6. The topological polar surface area (TPSA) is 42.0 Å². The number of carbonyl (C=O) groups is 1. The molecule has 1 aliphatic carbocycles. The van der Waals surface area contributed by atoms with E-state index in [9.17, 15) is 18.0 Å². The fraction of sp³-hybridized carbons (Fsp3) is 0.444. The average molecular weight is 336 g/mol. The Labute approximate surface area is 138 Å². The molecule has 1 aliphatic rings. The highest BCUT2D eigenvalue weighted by Gasteiger charge is 2.38. The number of nitrogens with zero attached hydrogens (tertiary/aromatic N) is 1. The average Bonchev–Trinajstić information content (AvgIpc) is 2.55. The van der Waals surface area contributed by atoms with E-state index in [4.69, 9.17) is 0 Å². The van der Waals surface area contributed by atoms with Gasteiger partial charge in [0.25, 0.3) is 5.91 Å². The number of nitrogens with one attached hydrogen (secondary N) is 1. The highest BCUT2D eigenvalue weighted by Crippen LogP contribution is 2.37. The Morgan fingerprint density at radius 1 is 1.21 bits per heavy atom. The normalized spacial score (nSPS) is 21.7. The molecule has 2 unspecified atom stereocenters. The molecule has 1 aromatic carbocycles. The first-order valence-corrected chi connectivity index (χ1v) is 8.13. The van der Waals surface area contributed by atoms with E-state index in [1.54, 1.807) is 6.07 Å². The summed E-state index contributed by atoms with van der Waals surface area (Å²) in [4.78, 5) is 16.5. The monoisotopic (exact) mass is 336 g/mol. The summed E-state index contributed by atoms with van der Waals surface area (Å²) >= 11 is 0. The summed E-state index contributed by atoms with van der Waals surface area (Å²) in [6.07, 6.45) is 0.278. The third-order valence-corrected chi connectivity index (χ3v) is 4.73. The van der Waals surface area contributed by atoms with Crippen molar-refractivity contribution in [1.82, 2.24) is 10.3 Å². The van der Waals surface area contributed by atoms with Crippen LogP contribution in [0.4, 0.5) is 13.2 Å². The Balaban J connectivity index is 2.00. The van der Waals surface area contributed by atoms with Crippen molar-refractivity contribution < 1.29 is 18.0 Å². The summed E-state index contributed by atoms with van der Waals surface area (Å²) in [6.45, 7) is 2.02. The van der Waals surface area contributed by atoms with Crippen LogP contribution in [-0.2, 0) is 6.18 Å². The molecule has 0 aliphatic heterocycles. The molecular weight excluding hydrogens is 317 g/mol. The molecule has 6 heteroatoms. The molecule has 0 bridgehead atoms. The zero-order valence-electron chi connectivity index (χ0n) is 13.4. The van der Waals surface area contributed by atoms with Crippen molar-refractivity contribution in [2.45, 2.75) is 44.8 Å². The number of hydrogen-bond acceptors (Lipinski definition) is 2. The van der Waals surface area contributed by atoms with Gasteiger partial charge in [0, 0.05) is 17.6 Å². The molecule has 1 aromatic heterocycles. The molecular formula is C18H19F3N2O. The molecule has 1 N–H and O–H groups in total. The molecule has 128 valence electrons. The summed E-state index contributed by atoms with van der Waals surface area (Å²) < 4.78 is 40.8. The van der Waals surface area contributed by atoms with Gasteiger partial charge >= 0.3 is 6.18 Å². The predicted octanol–water partition coefficient (Wildman–Crippen LogP) is 4.56. The van der Waals surface area contributed by atoms with Crippen molar-refractivity contribution in [3.05, 3.63) is 41.6 Å². The first-order chi connectivity index (χ1) is 11.4. The number of alkyl halides is 3. The van der Waals surface area contributed by atoms with Crippen LogP contribution in [0.15, 0.2) is 30.5 Å². The van der Waals surface area contributed by atoms with Gasteiger partial charge in [-0.1, -0.05) is 38.0 Å². The number of amides is 1. The molecule has 2 atom stereocenters. The summed E-state index contributed by atoms with van der Waals surface area (Å²) in [5, 5.41) is 2.74.